The van der Waals surface area contributed by atoms with E-state index in [0.717, 1.165) is 33.3 Å². The Kier molecular flexibility index (Phi) is 11.0. The number of benzene rings is 2. The van der Waals surface area contributed by atoms with E-state index in [2.05, 4.69) is 20.8 Å². The molecular formula is C36H49N7O6. The van der Waals surface area contributed by atoms with Crippen LogP contribution in [-0.2, 0) is 20.7 Å². The fraction of sp³-hybridized carbons (Fsp3) is 0.528. The van der Waals surface area contributed by atoms with Gasteiger partial charge in [0.15, 0.2) is 0 Å². The number of piperidine rings is 2. The van der Waals surface area contributed by atoms with Gasteiger partial charge in [0.1, 0.15) is 17.7 Å². The van der Waals surface area contributed by atoms with Crippen LogP contribution in [0.4, 0.5) is 20.1 Å². The number of ether oxygens (including phenoxy) is 2. The first-order valence-corrected chi connectivity index (χ1v) is 17.0. The van der Waals surface area contributed by atoms with Crippen molar-refractivity contribution in [3.05, 3.63) is 59.3 Å². The lowest BCUT2D eigenvalue weighted by Gasteiger charge is -2.37. The van der Waals surface area contributed by atoms with Gasteiger partial charge in [0.05, 0.1) is 11.7 Å². The number of fused-ring (bicyclic) bond motifs is 1. The largest absolute Gasteiger partial charge is 0.461 e. The predicted molar refractivity (Wildman–Crippen MR) is 186 cm³/mol. The van der Waals surface area contributed by atoms with Gasteiger partial charge in [-0.15, -0.1) is 0 Å². The molecule has 0 bridgehead atoms. The zero-order valence-corrected chi connectivity index (χ0v) is 29.4. The molecule has 0 saturated carbocycles. The van der Waals surface area contributed by atoms with Crippen LogP contribution in [0.5, 0.6) is 0 Å². The molecule has 2 aliphatic heterocycles. The Morgan fingerprint density at radius 2 is 1.65 bits per heavy atom. The quantitative estimate of drug-likeness (QED) is 0.285. The van der Waals surface area contributed by atoms with E-state index < -0.39 is 17.6 Å². The second-order valence-corrected chi connectivity index (χ2v) is 14.1. The van der Waals surface area contributed by atoms with E-state index in [1.54, 1.807) is 27.9 Å². The number of rotatable bonds is 7. The van der Waals surface area contributed by atoms with Gasteiger partial charge in [0.2, 0.25) is 0 Å². The summed E-state index contributed by atoms with van der Waals surface area (Å²) in [5, 5.41) is 14.0. The van der Waals surface area contributed by atoms with Crippen LogP contribution in [0.3, 0.4) is 0 Å². The maximum absolute atomic E-state index is 13.7. The smallest absolute Gasteiger partial charge is 0.410 e. The number of hydrogen-bond donors (Lipinski definition) is 3. The van der Waals surface area contributed by atoms with Crippen molar-refractivity contribution in [1.82, 2.24) is 30.2 Å². The highest BCUT2D eigenvalue weighted by molar-refractivity contribution is 5.90. The maximum atomic E-state index is 13.7. The van der Waals surface area contributed by atoms with Crippen LogP contribution >= 0.6 is 0 Å². The fourth-order valence-electron chi connectivity index (χ4n) is 6.37. The summed E-state index contributed by atoms with van der Waals surface area (Å²) in [4.78, 5) is 57.8. The van der Waals surface area contributed by atoms with Crippen molar-refractivity contribution in [2.75, 3.05) is 38.5 Å². The molecule has 3 heterocycles. The molecule has 3 aromatic rings. The summed E-state index contributed by atoms with van der Waals surface area (Å²) < 4.78 is 11.4. The first kappa shape index (κ1) is 35.5. The van der Waals surface area contributed by atoms with Crippen molar-refractivity contribution in [3.63, 3.8) is 0 Å². The number of H-pyrrole nitrogens is 1. The van der Waals surface area contributed by atoms with E-state index in [0.29, 0.717) is 51.9 Å². The van der Waals surface area contributed by atoms with Gasteiger partial charge in [0.25, 0.3) is 0 Å². The van der Waals surface area contributed by atoms with Gasteiger partial charge in [-0.2, -0.15) is 5.10 Å². The lowest BCUT2D eigenvalue weighted by Crippen LogP contribution is -2.54. The van der Waals surface area contributed by atoms with Crippen LogP contribution in [0.1, 0.15) is 63.1 Å². The molecule has 13 heteroatoms. The molecule has 2 fully saturated rings. The molecule has 3 N–H and O–H groups in total. The molecule has 5 rings (SSSR count). The van der Waals surface area contributed by atoms with Crippen molar-refractivity contribution in [2.45, 2.75) is 90.5 Å². The molecule has 2 saturated heterocycles. The Morgan fingerprint density at radius 1 is 0.980 bits per heavy atom. The molecule has 5 amide bonds. The number of carbonyl (C=O) groups excluding carboxylic acids is 4. The SMILES string of the molecule is Cc1ccccc1NC(=O)N(C)C1CCN(C(=O)NC(Cc2cc(C)c3[nH]ncc3c2)C(=O)OC2CCN(C(=O)OC(C)(C)C)CC2)CC1. The number of hydrogen-bond acceptors (Lipinski definition) is 7. The molecule has 0 aliphatic carbocycles. The number of carbonyl (C=O) groups is 4. The molecule has 13 nitrogen and oxygen atoms in total. The average Bonchev–Trinajstić information content (AvgIpc) is 3.54. The molecule has 264 valence electrons. The summed E-state index contributed by atoms with van der Waals surface area (Å²) in [7, 11) is 1.77. The number of amides is 5. The Labute approximate surface area is 287 Å². The van der Waals surface area contributed by atoms with Crippen molar-refractivity contribution < 1.29 is 28.7 Å². The van der Waals surface area contributed by atoms with Crippen LogP contribution < -0.4 is 10.6 Å². The third kappa shape index (κ3) is 9.21. The number of aromatic amines is 1. The van der Waals surface area contributed by atoms with Crippen LogP contribution in [0, 0.1) is 13.8 Å². The van der Waals surface area contributed by atoms with Crippen molar-refractivity contribution >= 4 is 40.7 Å². The van der Waals surface area contributed by atoms with E-state index in [1.165, 1.54) is 0 Å². The topological polar surface area (TPSA) is 149 Å². The number of para-hydroxylation sites is 1. The summed E-state index contributed by atoms with van der Waals surface area (Å²) in [6, 6.07) is 10.1. The first-order valence-electron chi connectivity index (χ1n) is 17.0. The normalized spacial score (nSPS) is 16.6. The van der Waals surface area contributed by atoms with Crippen LogP contribution in [0.15, 0.2) is 42.6 Å². The first-order chi connectivity index (χ1) is 23.3. The predicted octanol–water partition coefficient (Wildman–Crippen LogP) is 5.37. The molecular weight excluding hydrogens is 626 g/mol. The minimum Gasteiger partial charge on any atom is -0.461 e. The molecule has 1 atom stereocenters. The zero-order chi connectivity index (χ0) is 35.3. The standard InChI is InChI=1S/C36H49N7O6/c1-23-9-7-8-10-29(23)38-33(45)41(6)27-11-15-42(16-12-27)34(46)39-30(21-25-19-24(2)31-26(20-25)22-37-40-31)32(44)48-28-13-17-43(18-14-28)35(47)49-36(3,4)5/h7-10,19-20,22,27-28,30H,11-18,21H2,1-6H3,(H,37,40)(H,38,45)(H,39,46). The second-order valence-electron chi connectivity index (χ2n) is 14.1. The molecule has 2 aliphatic rings. The zero-order valence-electron chi connectivity index (χ0n) is 29.4. The van der Waals surface area contributed by atoms with Gasteiger partial charge in [-0.1, -0.05) is 24.3 Å². The summed E-state index contributed by atoms with van der Waals surface area (Å²) in [5.41, 5.74) is 3.93. The lowest BCUT2D eigenvalue weighted by atomic mass is 10.0. The summed E-state index contributed by atoms with van der Waals surface area (Å²) in [6.07, 6.45) is 3.36. The average molecular weight is 676 g/mol. The van der Waals surface area contributed by atoms with Gasteiger partial charge in [-0.05, 0) is 76.3 Å². The van der Waals surface area contributed by atoms with Crippen molar-refractivity contribution in [2.24, 2.45) is 0 Å². The number of anilines is 1. The second kappa shape index (κ2) is 15.2. The van der Waals surface area contributed by atoms with E-state index >= 15 is 0 Å². The summed E-state index contributed by atoms with van der Waals surface area (Å²) in [6.45, 7) is 11.1. The van der Waals surface area contributed by atoms with Crippen molar-refractivity contribution in [1.29, 1.82) is 0 Å². The third-order valence-corrected chi connectivity index (χ3v) is 9.21. The van der Waals surface area contributed by atoms with E-state index in [-0.39, 0.29) is 36.7 Å². The maximum Gasteiger partial charge on any atom is 0.410 e. The van der Waals surface area contributed by atoms with Gasteiger partial charge in [0, 0.05) is 69.6 Å². The van der Waals surface area contributed by atoms with Gasteiger partial charge in [-0.3, -0.25) is 5.10 Å². The minimum atomic E-state index is -0.930. The van der Waals surface area contributed by atoms with E-state index in [9.17, 15) is 19.2 Å². The summed E-state index contributed by atoms with van der Waals surface area (Å²) in [5.74, 6) is -0.517. The highest BCUT2D eigenvalue weighted by Gasteiger charge is 2.33. The summed E-state index contributed by atoms with van der Waals surface area (Å²) >= 11 is 0. The van der Waals surface area contributed by atoms with Crippen LogP contribution in [0.25, 0.3) is 10.9 Å². The third-order valence-electron chi connectivity index (χ3n) is 9.21. The van der Waals surface area contributed by atoms with Crippen LogP contribution in [-0.4, -0.2) is 106 Å². The Balaban J connectivity index is 1.20. The number of esters is 1. The number of nitrogens with one attached hydrogen (secondary N) is 3. The number of aryl methyl sites for hydroxylation is 2. The number of urea groups is 2. The molecule has 2 aromatic carbocycles. The monoisotopic (exact) mass is 675 g/mol. The highest BCUT2D eigenvalue weighted by atomic mass is 16.6. The number of aromatic nitrogens is 2. The fourth-order valence-corrected chi connectivity index (χ4v) is 6.37. The Bertz CT molecular complexity index is 1650. The van der Waals surface area contributed by atoms with Gasteiger partial charge in [-0.25, -0.2) is 19.2 Å². The Morgan fingerprint density at radius 3 is 2.33 bits per heavy atom. The number of likely N-dealkylation sites (tertiary alicyclic amines) is 2. The molecule has 1 unspecified atom stereocenters. The van der Waals surface area contributed by atoms with Crippen LogP contribution in [0.2, 0.25) is 0 Å². The molecule has 0 spiro atoms. The van der Waals surface area contributed by atoms with Gasteiger partial charge >= 0.3 is 24.1 Å². The molecule has 49 heavy (non-hydrogen) atoms. The van der Waals surface area contributed by atoms with Crippen molar-refractivity contribution in [3.8, 4) is 0 Å². The van der Waals surface area contributed by atoms with Gasteiger partial charge < -0.3 is 34.8 Å². The number of nitrogens with zero attached hydrogens (tertiary/aromatic N) is 4. The minimum absolute atomic E-state index is 0.0370. The molecule has 1 aromatic heterocycles. The molecule has 0 radical (unpaired) electrons. The Hall–Kier alpha value is -4.81. The highest BCUT2D eigenvalue weighted by Crippen LogP contribution is 2.23. The lowest BCUT2D eigenvalue weighted by molar-refractivity contribution is -0.153. The van der Waals surface area contributed by atoms with E-state index in [1.807, 2.05) is 71.0 Å². The van der Waals surface area contributed by atoms with E-state index in [4.69, 9.17) is 9.47 Å².